The lowest BCUT2D eigenvalue weighted by Gasteiger charge is -2.05. The molecule has 0 radical (unpaired) electrons. The molecule has 5 heteroatoms. The number of aromatic nitrogens is 3. The normalized spacial score (nSPS) is 11.8. The van der Waals surface area contributed by atoms with Gasteiger partial charge in [0.1, 0.15) is 11.0 Å². The Kier molecular flexibility index (Phi) is 3.02. The second-order valence-electron chi connectivity index (χ2n) is 5.86. The van der Waals surface area contributed by atoms with Crippen molar-refractivity contribution in [3.63, 3.8) is 0 Å². The van der Waals surface area contributed by atoms with E-state index >= 15 is 0 Å². The van der Waals surface area contributed by atoms with Crippen LogP contribution in [0.5, 0.6) is 0 Å². The van der Waals surface area contributed by atoms with Gasteiger partial charge in [0.25, 0.3) is 0 Å². The van der Waals surface area contributed by atoms with Gasteiger partial charge in [-0.15, -0.1) is 0 Å². The molecule has 0 spiro atoms. The molecule has 0 aliphatic rings. The van der Waals surface area contributed by atoms with Crippen LogP contribution in [0, 0.1) is 0 Å². The summed E-state index contributed by atoms with van der Waals surface area (Å²) in [6.45, 7) is 0. The molecule has 0 unspecified atom stereocenters. The lowest BCUT2D eigenvalue weighted by atomic mass is 10.0. The maximum absolute atomic E-state index is 4.50. The van der Waals surface area contributed by atoms with Crippen LogP contribution in [0.4, 0.5) is 0 Å². The van der Waals surface area contributed by atoms with Crippen LogP contribution in [0.25, 0.3) is 44.0 Å². The fourth-order valence-electron chi connectivity index (χ4n) is 3.40. The summed E-state index contributed by atoms with van der Waals surface area (Å²) < 4.78 is 12.1. The van der Waals surface area contributed by atoms with Crippen LogP contribution in [0.2, 0.25) is 0 Å². The van der Waals surface area contributed by atoms with Gasteiger partial charge in [-0.2, -0.15) is 8.75 Å². The first-order valence-corrected chi connectivity index (χ1v) is 9.15. The molecule has 2 heterocycles. The van der Waals surface area contributed by atoms with Gasteiger partial charge in [0.05, 0.1) is 11.7 Å². The number of hydrogen-bond acceptors (Lipinski definition) is 3. The molecule has 24 heavy (non-hydrogen) atoms. The van der Waals surface area contributed by atoms with E-state index < -0.39 is 0 Å². The zero-order chi connectivity index (χ0) is 16.3. The van der Waals surface area contributed by atoms with E-state index in [4.69, 9.17) is 0 Å². The van der Waals surface area contributed by atoms with E-state index in [0.29, 0.717) is 0 Å². The maximum Gasteiger partial charge on any atom is 0.119 e. The highest BCUT2D eigenvalue weighted by Crippen LogP contribution is 2.35. The average Bonchev–Trinajstić information content (AvgIpc) is 3.21. The molecular formula is C19H12BrN3S. The fourth-order valence-corrected chi connectivity index (χ4v) is 4.50. The van der Waals surface area contributed by atoms with E-state index in [9.17, 15) is 0 Å². The van der Waals surface area contributed by atoms with Crippen molar-refractivity contribution in [3.05, 3.63) is 59.1 Å². The first-order chi connectivity index (χ1) is 11.7. The number of aryl methyl sites for hydroxylation is 1. The summed E-state index contributed by atoms with van der Waals surface area (Å²) in [5, 5.41) is 2.55. The van der Waals surface area contributed by atoms with E-state index in [1.54, 1.807) is 0 Å². The molecule has 0 bridgehead atoms. The number of nitrogens with zero attached hydrogens (tertiary/aromatic N) is 3. The van der Waals surface area contributed by atoms with E-state index in [2.05, 4.69) is 84.8 Å². The van der Waals surface area contributed by atoms with Crippen molar-refractivity contribution in [2.45, 2.75) is 0 Å². The van der Waals surface area contributed by atoms with Crippen molar-refractivity contribution in [1.82, 2.24) is 13.3 Å². The van der Waals surface area contributed by atoms with Crippen LogP contribution >= 0.6 is 27.7 Å². The average molecular weight is 394 g/mol. The van der Waals surface area contributed by atoms with Crippen molar-refractivity contribution in [2.75, 3.05) is 0 Å². The van der Waals surface area contributed by atoms with Crippen LogP contribution in [0.1, 0.15) is 0 Å². The second-order valence-corrected chi connectivity index (χ2v) is 7.25. The Bertz CT molecular complexity index is 1240. The molecule has 0 atom stereocenters. The number of fused-ring (bicyclic) bond motifs is 4. The van der Waals surface area contributed by atoms with Crippen molar-refractivity contribution in [2.24, 2.45) is 7.05 Å². The third-order valence-electron chi connectivity index (χ3n) is 4.59. The summed E-state index contributed by atoms with van der Waals surface area (Å²) in [6.07, 6.45) is 0. The van der Waals surface area contributed by atoms with Gasteiger partial charge in [-0.3, -0.25) is 0 Å². The van der Waals surface area contributed by atoms with Crippen LogP contribution in [0.3, 0.4) is 0 Å². The van der Waals surface area contributed by atoms with Gasteiger partial charge in [-0.1, -0.05) is 30.3 Å². The molecule has 2 aromatic heterocycles. The summed E-state index contributed by atoms with van der Waals surface area (Å²) in [5.41, 5.74) is 6.66. The largest absolute Gasteiger partial charge is 0.344 e. The van der Waals surface area contributed by atoms with Gasteiger partial charge < -0.3 is 4.57 Å². The first kappa shape index (κ1) is 14.1. The minimum atomic E-state index is 0.926. The standard InChI is InChI=1S/C19H12BrN3S/c1-23-16-5-3-2-4-13(16)14-10-11(6-9-17(14)23)12-7-8-15(20)19-18(12)21-24-22-19/h2-10H,1H3. The third-order valence-corrected chi connectivity index (χ3v) is 5.76. The van der Waals surface area contributed by atoms with E-state index in [-0.39, 0.29) is 0 Å². The van der Waals surface area contributed by atoms with Gasteiger partial charge in [0.2, 0.25) is 0 Å². The highest BCUT2D eigenvalue weighted by molar-refractivity contribution is 9.10. The molecule has 3 nitrogen and oxygen atoms in total. The molecule has 116 valence electrons. The Morgan fingerprint density at radius 3 is 2.58 bits per heavy atom. The molecule has 0 fully saturated rings. The predicted octanol–water partition coefficient (Wildman–Crippen LogP) is 5.77. The molecule has 0 saturated carbocycles. The Labute approximate surface area is 151 Å². The zero-order valence-electron chi connectivity index (χ0n) is 12.8. The number of rotatable bonds is 1. The smallest absolute Gasteiger partial charge is 0.119 e. The van der Waals surface area contributed by atoms with Crippen LogP contribution in [0.15, 0.2) is 59.1 Å². The molecule has 3 aromatic carbocycles. The summed E-state index contributed by atoms with van der Waals surface area (Å²) in [4.78, 5) is 0. The fraction of sp³-hybridized carbons (Fsp3) is 0.0526. The maximum atomic E-state index is 4.50. The van der Waals surface area contributed by atoms with Crippen molar-refractivity contribution in [1.29, 1.82) is 0 Å². The Morgan fingerprint density at radius 1 is 0.875 bits per heavy atom. The van der Waals surface area contributed by atoms with Crippen molar-refractivity contribution < 1.29 is 0 Å². The summed E-state index contributed by atoms with van der Waals surface area (Å²) >= 11 is 4.81. The quantitative estimate of drug-likeness (QED) is 0.362. The van der Waals surface area contributed by atoms with Crippen LogP contribution < -0.4 is 0 Å². The van der Waals surface area contributed by atoms with Crippen molar-refractivity contribution in [3.8, 4) is 11.1 Å². The minimum Gasteiger partial charge on any atom is -0.344 e. The van der Waals surface area contributed by atoms with Gasteiger partial charge in [0.15, 0.2) is 0 Å². The second kappa shape index (κ2) is 5.13. The third kappa shape index (κ3) is 1.88. The summed E-state index contributed by atoms with van der Waals surface area (Å²) in [7, 11) is 2.12. The van der Waals surface area contributed by atoms with E-state index in [0.717, 1.165) is 21.1 Å². The number of benzene rings is 3. The van der Waals surface area contributed by atoms with Gasteiger partial charge in [0, 0.05) is 38.9 Å². The van der Waals surface area contributed by atoms with E-state index in [1.165, 1.54) is 39.1 Å². The van der Waals surface area contributed by atoms with Gasteiger partial charge >= 0.3 is 0 Å². The molecule has 0 N–H and O–H groups in total. The highest BCUT2D eigenvalue weighted by Gasteiger charge is 2.13. The molecular weight excluding hydrogens is 382 g/mol. The first-order valence-electron chi connectivity index (χ1n) is 7.62. The van der Waals surface area contributed by atoms with Crippen LogP contribution in [-0.4, -0.2) is 13.3 Å². The lowest BCUT2D eigenvalue weighted by molar-refractivity contribution is 1.01. The Morgan fingerprint density at radius 2 is 1.67 bits per heavy atom. The van der Waals surface area contributed by atoms with Crippen LogP contribution in [-0.2, 0) is 7.05 Å². The van der Waals surface area contributed by atoms with Gasteiger partial charge in [-0.05, 0) is 45.8 Å². The molecule has 0 aliphatic heterocycles. The van der Waals surface area contributed by atoms with Gasteiger partial charge in [-0.25, -0.2) is 0 Å². The molecule has 0 amide bonds. The number of hydrogen-bond donors (Lipinski definition) is 0. The highest BCUT2D eigenvalue weighted by atomic mass is 79.9. The summed E-state index contributed by atoms with van der Waals surface area (Å²) in [6, 6.07) is 19.3. The summed E-state index contributed by atoms with van der Waals surface area (Å²) in [5.74, 6) is 0. The number of para-hydroxylation sites is 1. The molecule has 0 saturated heterocycles. The minimum absolute atomic E-state index is 0.926. The molecule has 0 aliphatic carbocycles. The van der Waals surface area contributed by atoms with E-state index in [1.807, 2.05) is 6.07 Å². The molecule has 5 aromatic rings. The van der Waals surface area contributed by atoms with Crippen molar-refractivity contribution >= 4 is 60.5 Å². The Hall–Kier alpha value is -2.24. The predicted molar refractivity (Wildman–Crippen MR) is 105 cm³/mol. The lowest BCUT2D eigenvalue weighted by Crippen LogP contribution is -1.86. The molecule has 5 rings (SSSR count). The number of halogens is 1. The monoisotopic (exact) mass is 393 g/mol. The SMILES string of the molecule is Cn1c2ccccc2c2cc(-c3ccc(Br)c4nsnc34)ccc21. The Balaban J connectivity index is 1.86. The topological polar surface area (TPSA) is 30.7 Å². The zero-order valence-corrected chi connectivity index (χ0v) is 15.2.